The van der Waals surface area contributed by atoms with Crippen LogP contribution in [0.2, 0.25) is 0 Å². The van der Waals surface area contributed by atoms with Crippen molar-refractivity contribution in [1.29, 1.82) is 0 Å². The molecule has 0 fully saturated rings. The molecular weight excluding hydrogens is 244 g/mol. The smallest absolute Gasteiger partial charge is 0.115 e. The molecule has 2 aromatic rings. The lowest BCUT2D eigenvalue weighted by Crippen LogP contribution is -2.33. The zero-order valence-electron chi connectivity index (χ0n) is 12.5. The Labute approximate surface area is 121 Å². The predicted molar refractivity (Wildman–Crippen MR) is 83.0 cm³/mol. The van der Waals surface area contributed by atoms with Crippen LogP contribution >= 0.6 is 0 Å². The zero-order chi connectivity index (χ0) is 14.3. The van der Waals surface area contributed by atoms with E-state index in [-0.39, 0.29) is 0 Å². The Balaban J connectivity index is 2.17. The minimum Gasteiger partial charge on any atom is -0.380 e. The maximum atomic E-state index is 11.3. The highest BCUT2D eigenvalue weighted by atomic mass is 16.3. The first-order valence-electron chi connectivity index (χ1n) is 7.42. The molecule has 0 heterocycles. The van der Waals surface area contributed by atoms with Gasteiger partial charge in [0.25, 0.3) is 0 Å². The van der Waals surface area contributed by atoms with Crippen molar-refractivity contribution in [2.45, 2.75) is 45.1 Å². The summed E-state index contributed by atoms with van der Waals surface area (Å²) in [7, 11) is 0. The van der Waals surface area contributed by atoms with E-state index in [1.807, 2.05) is 6.07 Å². The average molecular weight is 266 g/mol. The fourth-order valence-electron chi connectivity index (χ4n) is 3.32. The van der Waals surface area contributed by atoms with Crippen molar-refractivity contribution >= 4 is 0 Å². The van der Waals surface area contributed by atoms with Gasteiger partial charge in [0, 0.05) is 0 Å². The zero-order valence-corrected chi connectivity index (χ0v) is 12.5. The molecule has 0 aromatic heterocycles. The Bertz CT molecular complexity index is 644. The van der Waals surface area contributed by atoms with Crippen LogP contribution in [0, 0.1) is 13.8 Å². The highest BCUT2D eigenvalue weighted by Gasteiger charge is 2.38. The van der Waals surface area contributed by atoms with Gasteiger partial charge in [-0.15, -0.1) is 0 Å². The monoisotopic (exact) mass is 266 g/mol. The summed E-state index contributed by atoms with van der Waals surface area (Å²) in [5, 5.41) is 11.3. The summed E-state index contributed by atoms with van der Waals surface area (Å²) >= 11 is 0. The summed E-state index contributed by atoms with van der Waals surface area (Å²) in [6, 6.07) is 14.7. The number of hydrogen-bond donors (Lipinski definition) is 1. The van der Waals surface area contributed by atoms with Gasteiger partial charge in [-0.2, -0.15) is 0 Å². The molecule has 0 bridgehead atoms. The molecule has 1 aliphatic carbocycles. The molecule has 2 atom stereocenters. The summed E-state index contributed by atoms with van der Waals surface area (Å²) in [5.74, 6) is 0.526. The SMILES string of the molecule is Cc1ccc(C2(O)CCC(C)c3ccccc32)cc1C. The lowest BCUT2D eigenvalue weighted by molar-refractivity contribution is 0.0579. The van der Waals surface area contributed by atoms with Crippen LogP contribution in [0.1, 0.15) is 53.5 Å². The van der Waals surface area contributed by atoms with Gasteiger partial charge in [0.05, 0.1) is 0 Å². The third-order valence-electron chi connectivity index (χ3n) is 4.86. The van der Waals surface area contributed by atoms with Gasteiger partial charge in [-0.25, -0.2) is 0 Å². The molecule has 0 spiro atoms. The van der Waals surface area contributed by atoms with E-state index in [9.17, 15) is 5.11 Å². The van der Waals surface area contributed by atoms with Crippen molar-refractivity contribution in [3.8, 4) is 0 Å². The Kier molecular flexibility index (Phi) is 3.18. The van der Waals surface area contributed by atoms with Gasteiger partial charge in [0.2, 0.25) is 0 Å². The third kappa shape index (κ3) is 1.97. The van der Waals surface area contributed by atoms with Crippen LogP contribution in [-0.4, -0.2) is 5.11 Å². The van der Waals surface area contributed by atoms with E-state index in [0.717, 1.165) is 24.0 Å². The highest BCUT2D eigenvalue weighted by Crippen LogP contribution is 2.45. The number of fused-ring (bicyclic) bond motifs is 1. The maximum Gasteiger partial charge on any atom is 0.115 e. The van der Waals surface area contributed by atoms with E-state index >= 15 is 0 Å². The molecule has 1 N–H and O–H groups in total. The Morgan fingerprint density at radius 2 is 1.80 bits per heavy atom. The topological polar surface area (TPSA) is 20.2 Å². The summed E-state index contributed by atoms with van der Waals surface area (Å²) in [6.45, 7) is 6.47. The number of aliphatic hydroxyl groups is 1. The van der Waals surface area contributed by atoms with E-state index in [1.165, 1.54) is 16.7 Å². The van der Waals surface area contributed by atoms with Crippen LogP contribution in [0.5, 0.6) is 0 Å². The molecule has 1 nitrogen and oxygen atoms in total. The second-order valence-electron chi connectivity index (χ2n) is 6.19. The number of rotatable bonds is 1. The first kappa shape index (κ1) is 13.4. The Morgan fingerprint density at radius 1 is 1.05 bits per heavy atom. The van der Waals surface area contributed by atoms with Crippen molar-refractivity contribution in [3.05, 3.63) is 70.3 Å². The molecule has 104 valence electrons. The van der Waals surface area contributed by atoms with Crippen molar-refractivity contribution in [2.24, 2.45) is 0 Å². The van der Waals surface area contributed by atoms with Gasteiger partial charge in [0.15, 0.2) is 0 Å². The molecule has 0 aliphatic heterocycles. The number of benzene rings is 2. The van der Waals surface area contributed by atoms with Gasteiger partial charge in [-0.3, -0.25) is 0 Å². The molecule has 20 heavy (non-hydrogen) atoms. The van der Waals surface area contributed by atoms with Crippen LogP contribution in [0.3, 0.4) is 0 Å². The van der Waals surface area contributed by atoms with Gasteiger partial charge in [0.1, 0.15) is 5.60 Å². The average Bonchev–Trinajstić information content (AvgIpc) is 2.46. The second-order valence-corrected chi connectivity index (χ2v) is 6.19. The number of hydrogen-bond acceptors (Lipinski definition) is 1. The van der Waals surface area contributed by atoms with Crippen molar-refractivity contribution in [3.63, 3.8) is 0 Å². The van der Waals surface area contributed by atoms with Crippen LogP contribution in [0.15, 0.2) is 42.5 Å². The normalized spacial score (nSPS) is 25.3. The van der Waals surface area contributed by atoms with E-state index in [4.69, 9.17) is 0 Å². The summed E-state index contributed by atoms with van der Waals surface area (Å²) in [4.78, 5) is 0. The standard InChI is InChI=1S/C19H22O/c1-13-8-9-16(12-15(13)3)19(20)11-10-14(2)17-6-4-5-7-18(17)19/h4-9,12,14,20H,10-11H2,1-3H3. The lowest BCUT2D eigenvalue weighted by atomic mass is 9.71. The second kappa shape index (κ2) is 4.75. The molecule has 0 saturated heterocycles. The predicted octanol–water partition coefficient (Wildman–Crippen LogP) is 4.44. The van der Waals surface area contributed by atoms with Crippen molar-refractivity contribution < 1.29 is 5.11 Å². The van der Waals surface area contributed by atoms with E-state index in [0.29, 0.717) is 5.92 Å². The first-order chi connectivity index (χ1) is 9.52. The molecule has 0 saturated carbocycles. The molecule has 2 unspecified atom stereocenters. The van der Waals surface area contributed by atoms with Gasteiger partial charge < -0.3 is 5.11 Å². The first-order valence-corrected chi connectivity index (χ1v) is 7.42. The maximum absolute atomic E-state index is 11.3. The highest BCUT2D eigenvalue weighted by molar-refractivity contribution is 5.46. The van der Waals surface area contributed by atoms with Gasteiger partial charge in [-0.1, -0.05) is 49.4 Å². The van der Waals surface area contributed by atoms with Crippen LogP contribution in [-0.2, 0) is 5.60 Å². The molecule has 1 heteroatoms. The molecule has 1 aliphatic rings. The molecular formula is C19H22O. The number of aryl methyl sites for hydroxylation is 2. The van der Waals surface area contributed by atoms with Crippen LogP contribution < -0.4 is 0 Å². The minimum atomic E-state index is -0.832. The summed E-state index contributed by atoms with van der Waals surface area (Å²) in [6.07, 6.45) is 1.83. The fraction of sp³-hybridized carbons (Fsp3) is 0.368. The third-order valence-corrected chi connectivity index (χ3v) is 4.86. The minimum absolute atomic E-state index is 0.526. The Hall–Kier alpha value is -1.60. The molecule has 3 rings (SSSR count). The summed E-state index contributed by atoms with van der Waals surface area (Å²) in [5.41, 5.74) is 5.09. The van der Waals surface area contributed by atoms with Crippen molar-refractivity contribution in [2.75, 3.05) is 0 Å². The Morgan fingerprint density at radius 3 is 2.55 bits per heavy atom. The van der Waals surface area contributed by atoms with Gasteiger partial charge in [-0.05, 0) is 60.4 Å². The van der Waals surface area contributed by atoms with E-state index < -0.39 is 5.60 Å². The quantitative estimate of drug-likeness (QED) is 0.809. The fourth-order valence-corrected chi connectivity index (χ4v) is 3.32. The van der Waals surface area contributed by atoms with E-state index in [1.54, 1.807) is 0 Å². The van der Waals surface area contributed by atoms with Crippen LogP contribution in [0.4, 0.5) is 0 Å². The van der Waals surface area contributed by atoms with Gasteiger partial charge >= 0.3 is 0 Å². The molecule has 2 aromatic carbocycles. The largest absolute Gasteiger partial charge is 0.380 e. The summed E-state index contributed by atoms with van der Waals surface area (Å²) < 4.78 is 0. The van der Waals surface area contributed by atoms with Crippen molar-refractivity contribution in [1.82, 2.24) is 0 Å². The van der Waals surface area contributed by atoms with Crippen LogP contribution in [0.25, 0.3) is 0 Å². The van der Waals surface area contributed by atoms with E-state index in [2.05, 4.69) is 57.2 Å². The lowest BCUT2D eigenvalue weighted by Gasteiger charge is -2.38. The molecule has 0 amide bonds. The molecule has 0 radical (unpaired) electrons.